The van der Waals surface area contributed by atoms with Crippen LogP contribution in [0.15, 0.2) is 54.6 Å². The van der Waals surface area contributed by atoms with E-state index in [0.717, 1.165) is 22.3 Å². The zero-order valence-corrected chi connectivity index (χ0v) is 16.7. The molecule has 0 saturated carbocycles. The van der Waals surface area contributed by atoms with Gasteiger partial charge in [-0.1, -0.05) is 61.5 Å². The molecular weight excluding hydrogens is 332 g/mol. The molecule has 2 N–H and O–H groups in total. The van der Waals surface area contributed by atoms with Crippen LogP contribution in [0.3, 0.4) is 0 Å². The largest absolute Gasteiger partial charge is 0.507 e. The number of aryl methyl sites for hydroxylation is 4. The second kappa shape index (κ2) is 7.48. The first kappa shape index (κ1) is 19.0. The summed E-state index contributed by atoms with van der Waals surface area (Å²) in [5.41, 5.74) is 7.21. The standard InChI is InChI=1S/C25H28O2/c1-15-11-21(12-16(2)24(15)26)23(19(5)20-9-7-6-8-10-20)22-13-17(3)25(27)18(4)14-22/h6-14,19,23,26-27H,1-5H3. The SMILES string of the molecule is Cc1cc(C(c2cc(C)c(O)c(C)c2)C(C)c2ccccc2)cc(C)c1O. The fraction of sp³-hybridized carbons (Fsp3) is 0.280. The zero-order chi connectivity index (χ0) is 19.7. The summed E-state index contributed by atoms with van der Waals surface area (Å²) in [4.78, 5) is 0. The number of benzene rings is 3. The third-order valence-corrected chi connectivity index (χ3v) is 5.57. The lowest BCUT2D eigenvalue weighted by molar-refractivity contribution is 0.465. The molecule has 0 bridgehead atoms. The number of phenols is 2. The Bertz CT molecular complexity index is 854. The molecule has 0 spiro atoms. The first-order valence-electron chi connectivity index (χ1n) is 9.44. The van der Waals surface area contributed by atoms with Gasteiger partial charge in [-0.25, -0.2) is 0 Å². The van der Waals surface area contributed by atoms with E-state index >= 15 is 0 Å². The number of hydrogen-bond donors (Lipinski definition) is 2. The van der Waals surface area contributed by atoms with Gasteiger partial charge in [-0.2, -0.15) is 0 Å². The highest BCUT2D eigenvalue weighted by molar-refractivity contribution is 5.50. The van der Waals surface area contributed by atoms with E-state index in [1.54, 1.807) is 0 Å². The zero-order valence-electron chi connectivity index (χ0n) is 16.7. The quantitative estimate of drug-likeness (QED) is 0.576. The molecule has 2 nitrogen and oxygen atoms in total. The Balaban J connectivity index is 2.21. The van der Waals surface area contributed by atoms with Crippen molar-refractivity contribution < 1.29 is 10.2 Å². The highest BCUT2D eigenvalue weighted by Crippen LogP contribution is 2.42. The summed E-state index contributed by atoms with van der Waals surface area (Å²) in [5, 5.41) is 20.5. The molecule has 1 atom stereocenters. The molecular formula is C25H28O2. The van der Waals surface area contributed by atoms with Gasteiger partial charge in [0.1, 0.15) is 11.5 Å². The van der Waals surface area contributed by atoms with Gasteiger partial charge in [0, 0.05) is 5.92 Å². The van der Waals surface area contributed by atoms with E-state index in [9.17, 15) is 10.2 Å². The molecule has 0 heterocycles. The molecule has 0 amide bonds. The highest BCUT2D eigenvalue weighted by atomic mass is 16.3. The van der Waals surface area contributed by atoms with Crippen molar-refractivity contribution in [3.05, 3.63) is 93.5 Å². The maximum Gasteiger partial charge on any atom is 0.121 e. The van der Waals surface area contributed by atoms with Gasteiger partial charge >= 0.3 is 0 Å². The van der Waals surface area contributed by atoms with Crippen LogP contribution in [0.1, 0.15) is 57.7 Å². The van der Waals surface area contributed by atoms with Crippen molar-refractivity contribution in [3.63, 3.8) is 0 Å². The van der Waals surface area contributed by atoms with E-state index in [2.05, 4.69) is 55.5 Å². The average molecular weight is 360 g/mol. The second-order valence-electron chi connectivity index (χ2n) is 7.68. The lowest BCUT2D eigenvalue weighted by Crippen LogP contribution is -2.11. The molecule has 0 aliphatic heterocycles. The van der Waals surface area contributed by atoms with Gasteiger partial charge in [0.05, 0.1) is 0 Å². The van der Waals surface area contributed by atoms with Crippen molar-refractivity contribution in [2.45, 2.75) is 46.5 Å². The lowest BCUT2D eigenvalue weighted by Gasteiger charge is -2.27. The van der Waals surface area contributed by atoms with Gasteiger partial charge in [-0.05, 0) is 72.6 Å². The molecule has 0 aliphatic rings. The van der Waals surface area contributed by atoms with Crippen LogP contribution in [0.4, 0.5) is 0 Å². The fourth-order valence-corrected chi connectivity index (χ4v) is 4.06. The minimum Gasteiger partial charge on any atom is -0.507 e. The van der Waals surface area contributed by atoms with E-state index in [-0.39, 0.29) is 11.8 Å². The Hall–Kier alpha value is -2.74. The van der Waals surface area contributed by atoms with E-state index in [1.165, 1.54) is 16.7 Å². The predicted molar refractivity (Wildman–Crippen MR) is 112 cm³/mol. The molecule has 1 unspecified atom stereocenters. The molecule has 0 saturated heterocycles. The molecule has 0 aromatic heterocycles. The Kier molecular flexibility index (Phi) is 5.27. The van der Waals surface area contributed by atoms with Crippen LogP contribution in [-0.4, -0.2) is 10.2 Å². The number of hydrogen-bond acceptors (Lipinski definition) is 2. The maximum atomic E-state index is 10.2. The average Bonchev–Trinajstić information content (AvgIpc) is 2.64. The summed E-state index contributed by atoms with van der Waals surface area (Å²) in [6.45, 7) is 10.0. The molecule has 3 aromatic carbocycles. The van der Waals surface area contributed by atoms with Crippen LogP contribution >= 0.6 is 0 Å². The summed E-state index contributed by atoms with van der Waals surface area (Å²) in [6, 6.07) is 18.9. The van der Waals surface area contributed by atoms with Crippen LogP contribution in [0.2, 0.25) is 0 Å². The van der Waals surface area contributed by atoms with Gasteiger partial charge in [0.2, 0.25) is 0 Å². The number of phenolic OH excluding ortho intramolecular Hbond substituents is 2. The molecule has 3 aromatic rings. The Morgan fingerprint density at radius 2 is 0.963 bits per heavy atom. The molecule has 0 radical (unpaired) electrons. The van der Waals surface area contributed by atoms with Crippen LogP contribution in [0.5, 0.6) is 11.5 Å². The van der Waals surface area contributed by atoms with Crippen molar-refractivity contribution in [1.82, 2.24) is 0 Å². The number of rotatable bonds is 4. The molecule has 3 rings (SSSR count). The highest BCUT2D eigenvalue weighted by Gasteiger charge is 2.25. The molecule has 0 aliphatic carbocycles. The summed E-state index contributed by atoms with van der Waals surface area (Å²) < 4.78 is 0. The first-order chi connectivity index (χ1) is 12.8. The van der Waals surface area contributed by atoms with Crippen molar-refractivity contribution in [1.29, 1.82) is 0 Å². The van der Waals surface area contributed by atoms with Gasteiger partial charge in [0.15, 0.2) is 0 Å². The van der Waals surface area contributed by atoms with Crippen LogP contribution in [0.25, 0.3) is 0 Å². The van der Waals surface area contributed by atoms with E-state index in [4.69, 9.17) is 0 Å². The third kappa shape index (κ3) is 3.71. The topological polar surface area (TPSA) is 40.5 Å². The van der Waals surface area contributed by atoms with E-state index in [1.807, 2.05) is 33.8 Å². The fourth-order valence-electron chi connectivity index (χ4n) is 4.06. The maximum absolute atomic E-state index is 10.2. The predicted octanol–water partition coefficient (Wildman–Crippen LogP) is 6.27. The molecule has 140 valence electrons. The van der Waals surface area contributed by atoms with E-state index < -0.39 is 0 Å². The summed E-state index contributed by atoms with van der Waals surface area (Å²) in [6.07, 6.45) is 0. The Labute approximate surface area is 162 Å². The lowest BCUT2D eigenvalue weighted by atomic mass is 9.76. The van der Waals surface area contributed by atoms with E-state index in [0.29, 0.717) is 11.5 Å². The second-order valence-corrected chi connectivity index (χ2v) is 7.68. The summed E-state index contributed by atoms with van der Waals surface area (Å²) in [5.74, 6) is 1.10. The minimum atomic E-state index is 0.128. The first-order valence-corrected chi connectivity index (χ1v) is 9.44. The van der Waals surface area contributed by atoms with Gasteiger partial charge < -0.3 is 10.2 Å². The smallest absolute Gasteiger partial charge is 0.121 e. The van der Waals surface area contributed by atoms with Crippen LogP contribution < -0.4 is 0 Å². The monoisotopic (exact) mass is 360 g/mol. The molecule has 2 heteroatoms. The minimum absolute atomic E-state index is 0.128. The Morgan fingerprint density at radius 1 is 0.593 bits per heavy atom. The Morgan fingerprint density at radius 3 is 1.33 bits per heavy atom. The van der Waals surface area contributed by atoms with Gasteiger partial charge in [0.25, 0.3) is 0 Å². The van der Waals surface area contributed by atoms with Gasteiger partial charge in [-0.3, -0.25) is 0 Å². The van der Waals surface area contributed by atoms with Crippen molar-refractivity contribution >= 4 is 0 Å². The van der Waals surface area contributed by atoms with Crippen LogP contribution in [-0.2, 0) is 0 Å². The van der Waals surface area contributed by atoms with Crippen LogP contribution in [0, 0.1) is 27.7 Å². The number of aromatic hydroxyl groups is 2. The summed E-state index contributed by atoms with van der Waals surface area (Å²) in [7, 11) is 0. The third-order valence-electron chi connectivity index (χ3n) is 5.57. The van der Waals surface area contributed by atoms with Crippen molar-refractivity contribution in [2.24, 2.45) is 0 Å². The molecule has 27 heavy (non-hydrogen) atoms. The van der Waals surface area contributed by atoms with Gasteiger partial charge in [-0.15, -0.1) is 0 Å². The summed E-state index contributed by atoms with van der Waals surface area (Å²) >= 11 is 0. The normalized spacial score (nSPS) is 12.4. The molecule has 0 fully saturated rings. The van der Waals surface area contributed by atoms with Crippen molar-refractivity contribution in [2.75, 3.05) is 0 Å². The van der Waals surface area contributed by atoms with Crippen molar-refractivity contribution in [3.8, 4) is 11.5 Å².